The van der Waals surface area contributed by atoms with E-state index >= 15 is 0 Å². The summed E-state index contributed by atoms with van der Waals surface area (Å²) in [5.74, 6) is 2.83. The molecule has 0 spiro atoms. The van der Waals surface area contributed by atoms with E-state index in [1.807, 2.05) is 39.8 Å². The van der Waals surface area contributed by atoms with Crippen molar-refractivity contribution in [2.24, 2.45) is 0 Å². The van der Waals surface area contributed by atoms with Crippen LogP contribution < -0.4 is 18.9 Å². The second kappa shape index (κ2) is 48.6. The summed E-state index contributed by atoms with van der Waals surface area (Å²) in [6, 6.07) is 16.7. The van der Waals surface area contributed by atoms with Crippen LogP contribution in [0.5, 0.6) is 23.0 Å². The molecule has 0 atom stereocenters. The third-order valence-electron chi connectivity index (χ3n) is 15.3. The molecule has 0 aliphatic rings. The molecule has 0 saturated carbocycles. The Morgan fingerprint density at radius 1 is 0.298 bits per heavy atom. The first kappa shape index (κ1) is 74.9. The predicted octanol–water partition coefficient (Wildman–Crippen LogP) is 23.6. The molecule has 0 unspecified atom stereocenters. The van der Waals surface area contributed by atoms with Crippen LogP contribution in [0.1, 0.15) is 294 Å². The molecule has 0 fully saturated rings. The highest BCUT2D eigenvalue weighted by atomic mass is 31.2. The molecular formula is C72H120O10P2. The minimum absolute atomic E-state index is 0.100. The van der Waals surface area contributed by atoms with Gasteiger partial charge >= 0.3 is 15.2 Å². The molecule has 0 amide bonds. The summed E-state index contributed by atoms with van der Waals surface area (Å²) in [5.41, 5.74) is 5.41. The van der Waals surface area contributed by atoms with E-state index in [-0.39, 0.29) is 38.8 Å². The van der Waals surface area contributed by atoms with E-state index in [0.717, 1.165) is 96.2 Å². The van der Waals surface area contributed by atoms with E-state index in [1.54, 1.807) is 0 Å². The topological polar surface area (TPSA) is 108 Å². The van der Waals surface area contributed by atoms with Crippen LogP contribution in [0.2, 0.25) is 0 Å². The zero-order valence-electron chi connectivity index (χ0n) is 54.6. The molecule has 3 rings (SSSR count). The van der Waals surface area contributed by atoms with Gasteiger partial charge in [0.05, 0.1) is 65.2 Å². The van der Waals surface area contributed by atoms with Gasteiger partial charge in [0.2, 0.25) is 0 Å². The molecule has 3 aromatic carbocycles. The molecule has 3 aromatic rings. The van der Waals surface area contributed by atoms with Gasteiger partial charge in [0.15, 0.2) is 0 Å². The molecule has 12 heteroatoms. The lowest BCUT2D eigenvalue weighted by Crippen LogP contribution is -2.06. The van der Waals surface area contributed by atoms with Gasteiger partial charge in [0, 0.05) is 22.3 Å². The summed E-state index contributed by atoms with van der Waals surface area (Å²) in [6.07, 6.45) is 47.4. The number of hydrogen-bond acceptors (Lipinski definition) is 10. The van der Waals surface area contributed by atoms with Crippen LogP contribution in [-0.2, 0) is 39.5 Å². The van der Waals surface area contributed by atoms with Crippen LogP contribution >= 0.6 is 15.2 Å². The first-order valence-corrected chi connectivity index (χ1v) is 37.6. The van der Waals surface area contributed by atoms with Crippen molar-refractivity contribution in [1.82, 2.24) is 0 Å². The SMILES string of the molecule is CCCCCCCCCCOc1cc(CP(=O)(OCC)OCC)c(OCCCCCCCCCC)cc1/C=C\c1ccc(/C=C/c2cc(OCCCCCCCCCC)c(CP(=O)(OCC)OCC)cc2OCCCCCCCCCC)cc1. The first-order valence-electron chi connectivity index (χ1n) is 34.2. The minimum atomic E-state index is -3.45. The van der Waals surface area contributed by atoms with Gasteiger partial charge in [-0.1, -0.05) is 256 Å². The Balaban J connectivity index is 1.99. The highest BCUT2D eigenvalue weighted by Gasteiger charge is 2.29. The quantitative estimate of drug-likeness (QED) is 0.0308. The van der Waals surface area contributed by atoms with Crippen molar-refractivity contribution < 1.29 is 46.2 Å². The van der Waals surface area contributed by atoms with Crippen molar-refractivity contribution in [2.45, 2.75) is 273 Å². The lowest BCUT2D eigenvalue weighted by molar-refractivity contribution is 0.217. The minimum Gasteiger partial charge on any atom is -0.493 e. The molecule has 0 bridgehead atoms. The second-order valence-electron chi connectivity index (χ2n) is 22.8. The molecule has 478 valence electrons. The summed E-state index contributed by atoms with van der Waals surface area (Å²) in [4.78, 5) is 0. The number of rotatable bonds is 56. The summed E-state index contributed by atoms with van der Waals surface area (Å²) >= 11 is 0. The van der Waals surface area contributed by atoms with Gasteiger partial charge in [0.25, 0.3) is 0 Å². The molecule has 0 aliphatic heterocycles. The Kier molecular flexibility index (Phi) is 43.4. The number of hydrogen-bond donors (Lipinski definition) is 0. The highest BCUT2D eigenvalue weighted by Crippen LogP contribution is 2.54. The van der Waals surface area contributed by atoms with E-state index in [1.165, 1.54) is 154 Å². The lowest BCUT2D eigenvalue weighted by atomic mass is 10.0. The van der Waals surface area contributed by atoms with Crippen LogP contribution in [-0.4, -0.2) is 52.9 Å². The van der Waals surface area contributed by atoms with Crippen molar-refractivity contribution in [1.29, 1.82) is 0 Å². The summed E-state index contributed by atoms with van der Waals surface area (Å²) in [5, 5.41) is 0. The van der Waals surface area contributed by atoms with Gasteiger partial charge in [-0.25, -0.2) is 0 Å². The Hall–Kier alpha value is -3.36. The van der Waals surface area contributed by atoms with Gasteiger partial charge in [-0.2, -0.15) is 0 Å². The number of ether oxygens (including phenoxy) is 4. The monoisotopic (exact) mass is 1210 g/mol. The van der Waals surface area contributed by atoms with Gasteiger partial charge in [0.1, 0.15) is 23.0 Å². The maximum atomic E-state index is 14.1. The van der Waals surface area contributed by atoms with Crippen LogP contribution in [0.3, 0.4) is 0 Å². The third-order valence-corrected chi connectivity index (χ3v) is 19.3. The molecule has 0 N–H and O–H groups in total. The Morgan fingerprint density at radius 3 is 0.786 bits per heavy atom. The van der Waals surface area contributed by atoms with Crippen LogP contribution in [0.15, 0.2) is 48.5 Å². The van der Waals surface area contributed by atoms with Crippen molar-refractivity contribution >= 4 is 39.5 Å². The van der Waals surface area contributed by atoms with Crippen LogP contribution in [0, 0.1) is 0 Å². The molecule has 84 heavy (non-hydrogen) atoms. The molecule has 0 heterocycles. The van der Waals surface area contributed by atoms with E-state index in [2.05, 4.69) is 88.4 Å². The fourth-order valence-electron chi connectivity index (χ4n) is 10.5. The normalized spacial score (nSPS) is 12.1. The molecule has 0 radical (unpaired) electrons. The number of benzene rings is 3. The fraction of sp³-hybridized carbons (Fsp3) is 0.694. The standard InChI is InChI=1S/C72H120O10P2/c1-9-17-21-25-29-33-37-41-53-75-69-59-67(61-83(73,79-13-5)80-14-6)71(77-55-43-39-35-31-27-23-19-11-3)57-65(69)51-49-63-45-47-64(48-46-63)50-52-66-58-72(78-56-44-40-36-32-28-24-20-12-4)68(62-84(74,81-15-7)82-16-8)60-70(66)76-54-42-38-34-30-26-22-18-10-2/h45-52,57-60H,9-44,53-56,61-62H2,1-8H3/b51-49-,52-50+. The highest BCUT2D eigenvalue weighted by molar-refractivity contribution is 7.53. The largest absolute Gasteiger partial charge is 0.493 e. The maximum Gasteiger partial charge on any atom is 0.335 e. The molecule has 10 nitrogen and oxygen atoms in total. The zero-order valence-corrected chi connectivity index (χ0v) is 56.4. The Labute approximate surface area is 514 Å². The predicted molar refractivity (Wildman–Crippen MR) is 359 cm³/mol. The van der Waals surface area contributed by atoms with Gasteiger partial charge in [-0.15, -0.1) is 0 Å². The Bertz CT molecular complexity index is 2080. The number of unbranched alkanes of at least 4 members (excludes halogenated alkanes) is 28. The van der Waals surface area contributed by atoms with E-state index in [9.17, 15) is 9.13 Å². The van der Waals surface area contributed by atoms with Crippen LogP contribution in [0.4, 0.5) is 0 Å². The first-order chi connectivity index (χ1) is 41.1. The van der Waals surface area contributed by atoms with Gasteiger partial charge in [-0.05, 0) is 88.8 Å². The Morgan fingerprint density at radius 2 is 0.536 bits per heavy atom. The summed E-state index contributed by atoms with van der Waals surface area (Å²) in [7, 11) is -6.90. The van der Waals surface area contributed by atoms with E-state index in [0.29, 0.717) is 37.9 Å². The van der Waals surface area contributed by atoms with Crippen molar-refractivity contribution in [3.8, 4) is 23.0 Å². The van der Waals surface area contributed by atoms with E-state index < -0.39 is 15.2 Å². The summed E-state index contributed by atoms with van der Waals surface area (Å²) < 4.78 is 78.0. The zero-order chi connectivity index (χ0) is 60.6. The summed E-state index contributed by atoms with van der Waals surface area (Å²) in [6.45, 7) is 19.9. The average molecular weight is 1210 g/mol. The van der Waals surface area contributed by atoms with Crippen molar-refractivity contribution in [3.05, 3.63) is 81.9 Å². The average Bonchev–Trinajstić information content (AvgIpc) is 3.66. The molecule has 0 aliphatic carbocycles. The van der Waals surface area contributed by atoms with E-state index in [4.69, 9.17) is 37.0 Å². The smallest absolute Gasteiger partial charge is 0.335 e. The van der Waals surface area contributed by atoms with Crippen LogP contribution in [0.25, 0.3) is 24.3 Å². The fourth-order valence-corrected chi connectivity index (χ4v) is 13.9. The van der Waals surface area contributed by atoms with Crippen molar-refractivity contribution in [3.63, 3.8) is 0 Å². The molecular weight excluding hydrogens is 1090 g/mol. The lowest BCUT2D eigenvalue weighted by Gasteiger charge is -2.21. The second-order valence-corrected chi connectivity index (χ2v) is 26.9. The molecule has 0 aromatic heterocycles. The van der Waals surface area contributed by atoms with Crippen molar-refractivity contribution in [2.75, 3.05) is 52.9 Å². The van der Waals surface area contributed by atoms with Gasteiger partial charge in [-0.3, -0.25) is 9.13 Å². The molecule has 0 saturated heterocycles. The maximum absolute atomic E-state index is 14.1. The third kappa shape index (κ3) is 33.7. The van der Waals surface area contributed by atoms with Gasteiger partial charge < -0.3 is 37.0 Å².